The van der Waals surface area contributed by atoms with Crippen LogP contribution in [-0.2, 0) is 4.79 Å². The number of carbonyl (C=O) groups excluding carboxylic acids is 1. The van der Waals surface area contributed by atoms with Crippen LogP contribution in [0.1, 0.15) is 50.9 Å². The van der Waals surface area contributed by atoms with Crippen LogP contribution in [0, 0.1) is 11.8 Å². The first kappa shape index (κ1) is 12.4. The molecule has 17 heavy (non-hydrogen) atoms. The Morgan fingerprint density at radius 1 is 1.53 bits per heavy atom. The van der Waals surface area contributed by atoms with E-state index in [2.05, 4.69) is 0 Å². The van der Waals surface area contributed by atoms with Gasteiger partial charge in [0.05, 0.1) is 12.2 Å². The van der Waals surface area contributed by atoms with Crippen LogP contribution in [0.25, 0.3) is 0 Å². The molecule has 0 unspecified atom stereocenters. The number of Topliss-reactive ketones (excluding diaryl/α,β-unsaturated/α-hetero) is 1. The van der Waals surface area contributed by atoms with E-state index in [0.29, 0.717) is 11.7 Å². The Bertz CT molecular complexity index is 350. The van der Waals surface area contributed by atoms with Gasteiger partial charge >= 0.3 is 0 Å². The van der Waals surface area contributed by atoms with Gasteiger partial charge in [-0.15, -0.1) is 0 Å². The van der Waals surface area contributed by atoms with Gasteiger partial charge in [-0.2, -0.15) is 0 Å². The molecule has 1 heterocycles. The SMILES string of the molecule is CC(=O)[C@H](CC1CCCC1)[C@@H](O)c1ccco1. The van der Waals surface area contributed by atoms with Gasteiger partial charge in [-0.1, -0.05) is 25.7 Å². The van der Waals surface area contributed by atoms with Crippen LogP contribution in [0.3, 0.4) is 0 Å². The van der Waals surface area contributed by atoms with Crippen LogP contribution in [-0.4, -0.2) is 10.9 Å². The molecule has 0 amide bonds. The highest BCUT2D eigenvalue weighted by molar-refractivity contribution is 5.79. The predicted molar refractivity (Wildman–Crippen MR) is 64.4 cm³/mol. The molecule has 94 valence electrons. The summed E-state index contributed by atoms with van der Waals surface area (Å²) >= 11 is 0. The zero-order valence-electron chi connectivity index (χ0n) is 10.3. The van der Waals surface area contributed by atoms with Crippen molar-refractivity contribution in [2.75, 3.05) is 0 Å². The third kappa shape index (κ3) is 2.97. The normalized spacial score (nSPS) is 20.4. The van der Waals surface area contributed by atoms with Gasteiger partial charge in [0.15, 0.2) is 0 Å². The average molecular weight is 236 g/mol. The molecule has 0 aliphatic heterocycles. The molecular formula is C14H20O3. The number of ketones is 1. The summed E-state index contributed by atoms with van der Waals surface area (Å²) in [5, 5.41) is 10.2. The molecule has 1 aromatic rings. The van der Waals surface area contributed by atoms with E-state index >= 15 is 0 Å². The van der Waals surface area contributed by atoms with E-state index < -0.39 is 6.10 Å². The minimum Gasteiger partial charge on any atom is -0.467 e. The van der Waals surface area contributed by atoms with Crippen LogP contribution in [0.5, 0.6) is 0 Å². The fourth-order valence-electron chi connectivity index (χ4n) is 2.78. The summed E-state index contributed by atoms with van der Waals surface area (Å²) in [4.78, 5) is 11.7. The lowest BCUT2D eigenvalue weighted by atomic mass is 9.86. The third-order valence-corrected chi connectivity index (χ3v) is 3.80. The standard InChI is InChI=1S/C14H20O3/c1-10(15)12(9-11-5-2-3-6-11)14(16)13-7-4-8-17-13/h4,7-8,11-12,14,16H,2-3,5-6,9H2,1H3/t12-,14+/m0/s1. The lowest BCUT2D eigenvalue weighted by Gasteiger charge is -2.21. The molecule has 1 aliphatic carbocycles. The Hall–Kier alpha value is -1.09. The van der Waals surface area contributed by atoms with Gasteiger partial charge in [0.25, 0.3) is 0 Å². The molecule has 1 aliphatic rings. The molecule has 0 saturated heterocycles. The molecule has 1 saturated carbocycles. The number of aliphatic hydroxyl groups is 1. The highest BCUT2D eigenvalue weighted by atomic mass is 16.4. The molecule has 1 fully saturated rings. The van der Waals surface area contributed by atoms with Gasteiger partial charge < -0.3 is 9.52 Å². The molecule has 2 rings (SSSR count). The van der Waals surface area contributed by atoms with Crippen LogP contribution < -0.4 is 0 Å². The summed E-state index contributed by atoms with van der Waals surface area (Å²) < 4.78 is 5.19. The Balaban J connectivity index is 2.03. The van der Waals surface area contributed by atoms with Crippen LogP contribution in [0.4, 0.5) is 0 Å². The topological polar surface area (TPSA) is 50.4 Å². The quantitative estimate of drug-likeness (QED) is 0.854. The predicted octanol–water partition coefficient (Wildman–Crippen LogP) is 3.10. The van der Waals surface area contributed by atoms with Crippen molar-refractivity contribution in [2.24, 2.45) is 11.8 Å². The molecule has 2 atom stereocenters. The van der Waals surface area contributed by atoms with Crippen molar-refractivity contribution < 1.29 is 14.3 Å². The van der Waals surface area contributed by atoms with E-state index in [-0.39, 0.29) is 11.7 Å². The molecule has 3 heteroatoms. The number of furan rings is 1. The van der Waals surface area contributed by atoms with Gasteiger partial charge in [-0.05, 0) is 31.4 Å². The van der Waals surface area contributed by atoms with Crippen molar-refractivity contribution in [1.82, 2.24) is 0 Å². The molecular weight excluding hydrogens is 216 g/mol. The molecule has 1 N–H and O–H groups in total. The number of hydrogen-bond donors (Lipinski definition) is 1. The molecule has 1 aromatic heterocycles. The first-order chi connectivity index (χ1) is 8.18. The van der Waals surface area contributed by atoms with Crippen molar-refractivity contribution in [3.8, 4) is 0 Å². The lowest BCUT2D eigenvalue weighted by molar-refractivity contribution is -0.125. The summed E-state index contributed by atoms with van der Waals surface area (Å²) in [6.45, 7) is 1.56. The molecule has 0 spiro atoms. The van der Waals surface area contributed by atoms with Crippen molar-refractivity contribution >= 4 is 5.78 Å². The summed E-state index contributed by atoms with van der Waals surface area (Å²) in [7, 11) is 0. The Labute approximate surface area is 102 Å². The highest BCUT2D eigenvalue weighted by Crippen LogP contribution is 2.35. The Morgan fingerprint density at radius 2 is 2.24 bits per heavy atom. The van der Waals surface area contributed by atoms with E-state index in [0.717, 1.165) is 6.42 Å². The van der Waals surface area contributed by atoms with Crippen LogP contribution in [0.2, 0.25) is 0 Å². The van der Waals surface area contributed by atoms with E-state index in [1.807, 2.05) is 0 Å². The first-order valence-electron chi connectivity index (χ1n) is 6.40. The van der Waals surface area contributed by atoms with Gasteiger partial charge in [-0.3, -0.25) is 4.79 Å². The fourth-order valence-corrected chi connectivity index (χ4v) is 2.78. The second-order valence-electron chi connectivity index (χ2n) is 5.06. The summed E-state index contributed by atoms with van der Waals surface area (Å²) in [5.74, 6) is 0.835. The minimum absolute atomic E-state index is 0.0563. The van der Waals surface area contributed by atoms with Crippen molar-refractivity contribution in [1.29, 1.82) is 0 Å². The summed E-state index contributed by atoms with van der Waals surface area (Å²) in [6.07, 6.45) is 6.42. The Morgan fingerprint density at radius 3 is 2.76 bits per heavy atom. The van der Waals surface area contributed by atoms with Crippen LogP contribution >= 0.6 is 0 Å². The number of carbonyl (C=O) groups is 1. The summed E-state index contributed by atoms with van der Waals surface area (Å²) in [5.41, 5.74) is 0. The first-order valence-corrected chi connectivity index (χ1v) is 6.40. The molecule has 0 bridgehead atoms. The van der Waals surface area contributed by atoms with E-state index in [4.69, 9.17) is 4.42 Å². The summed E-state index contributed by atoms with van der Waals surface area (Å²) in [6, 6.07) is 3.47. The highest BCUT2D eigenvalue weighted by Gasteiger charge is 2.30. The van der Waals surface area contributed by atoms with Gasteiger partial charge in [0.1, 0.15) is 17.6 Å². The number of hydrogen-bond acceptors (Lipinski definition) is 3. The second-order valence-corrected chi connectivity index (χ2v) is 5.06. The fraction of sp³-hybridized carbons (Fsp3) is 0.643. The Kier molecular flexibility index (Phi) is 4.00. The maximum absolute atomic E-state index is 11.7. The van der Waals surface area contributed by atoms with Gasteiger partial charge in [0.2, 0.25) is 0 Å². The van der Waals surface area contributed by atoms with E-state index in [1.54, 1.807) is 19.1 Å². The molecule has 0 aromatic carbocycles. The van der Waals surface area contributed by atoms with E-state index in [1.165, 1.54) is 31.9 Å². The average Bonchev–Trinajstić information content (AvgIpc) is 2.97. The number of rotatable bonds is 5. The molecule has 0 radical (unpaired) electrons. The third-order valence-electron chi connectivity index (χ3n) is 3.80. The van der Waals surface area contributed by atoms with Crippen molar-refractivity contribution in [3.05, 3.63) is 24.2 Å². The smallest absolute Gasteiger partial charge is 0.135 e. The zero-order chi connectivity index (χ0) is 12.3. The molecule has 3 nitrogen and oxygen atoms in total. The van der Waals surface area contributed by atoms with Crippen LogP contribution in [0.15, 0.2) is 22.8 Å². The van der Waals surface area contributed by atoms with Crippen molar-refractivity contribution in [3.63, 3.8) is 0 Å². The zero-order valence-corrected chi connectivity index (χ0v) is 10.3. The van der Waals surface area contributed by atoms with E-state index in [9.17, 15) is 9.90 Å². The largest absolute Gasteiger partial charge is 0.467 e. The van der Waals surface area contributed by atoms with Gasteiger partial charge in [-0.25, -0.2) is 0 Å². The lowest BCUT2D eigenvalue weighted by Crippen LogP contribution is -2.22. The maximum atomic E-state index is 11.7. The monoisotopic (exact) mass is 236 g/mol. The minimum atomic E-state index is -0.789. The second kappa shape index (κ2) is 5.50. The van der Waals surface area contributed by atoms with Gasteiger partial charge in [0, 0.05) is 0 Å². The maximum Gasteiger partial charge on any atom is 0.135 e. The number of aliphatic hydroxyl groups excluding tert-OH is 1. The van der Waals surface area contributed by atoms with Crippen molar-refractivity contribution in [2.45, 2.75) is 45.1 Å².